The van der Waals surface area contributed by atoms with Crippen LogP contribution in [0.1, 0.15) is 35.1 Å². The molecule has 3 aromatic rings. The number of benzene rings is 3. The van der Waals surface area contributed by atoms with Crippen molar-refractivity contribution < 1.29 is 4.74 Å². The zero-order valence-electron chi connectivity index (χ0n) is 15.7. The summed E-state index contributed by atoms with van der Waals surface area (Å²) in [7, 11) is 0. The molecule has 2 nitrogen and oxygen atoms in total. The Morgan fingerprint density at radius 2 is 1.52 bits per heavy atom. The normalized spacial score (nSPS) is 18.8. The average molecular weight is 357 g/mol. The Kier molecular flexibility index (Phi) is 5.66. The molecule has 3 aromatic carbocycles. The molecule has 1 heterocycles. The van der Waals surface area contributed by atoms with E-state index in [9.17, 15) is 0 Å². The minimum atomic E-state index is -0.0511. The summed E-state index contributed by atoms with van der Waals surface area (Å²) in [5.41, 5.74) is 5.40. The first-order valence-electron chi connectivity index (χ1n) is 9.85. The van der Waals surface area contributed by atoms with E-state index in [1.54, 1.807) is 0 Å². The van der Waals surface area contributed by atoms with Gasteiger partial charge in [0.2, 0.25) is 0 Å². The molecule has 0 saturated heterocycles. The predicted molar refractivity (Wildman–Crippen MR) is 111 cm³/mol. The molecule has 1 N–H and O–H groups in total. The van der Waals surface area contributed by atoms with E-state index >= 15 is 0 Å². The quantitative estimate of drug-likeness (QED) is 0.596. The van der Waals surface area contributed by atoms with Crippen LogP contribution in [0.4, 0.5) is 0 Å². The van der Waals surface area contributed by atoms with Gasteiger partial charge in [-0.25, -0.2) is 0 Å². The molecular formula is C25H27NO. The molecule has 0 amide bonds. The summed E-state index contributed by atoms with van der Waals surface area (Å²) >= 11 is 0. The average Bonchev–Trinajstić information content (AvgIpc) is 2.75. The highest BCUT2D eigenvalue weighted by Gasteiger charge is 2.38. The molecule has 1 atom stereocenters. The number of hydrogen-bond acceptors (Lipinski definition) is 2. The first-order chi connectivity index (χ1) is 13.4. The van der Waals surface area contributed by atoms with E-state index in [-0.39, 0.29) is 5.41 Å². The van der Waals surface area contributed by atoms with Crippen molar-refractivity contribution in [1.29, 1.82) is 0 Å². The van der Waals surface area contributed by atoms with Gasteiger partial charge in [0, 0.05) is 12.0 Å². The monoisotopic (exact) mass is 357 g/mol. The van der Waals surface area contributed by atoms with Crippen LogP contribution in [0.15, 0.2) is 84.9 Å². The summed E-state index contributed by atoms with van der Waals surface area (Å²) in [6, 6.07) is 30.3. The van der Waals surface area contributed by atoms with Gasteiger partial charge < -0.3 is 10.1 Å². The van der Waals surface area contributed by atoms with Crippen molar-refractivity contribution in [2.75, 3.05) is 13.2 Å². The van der Waals surface area contributed by atoms with Crippen LogP contribution in [0.2, 0.25) is 0 Å². The molecule has 4 rings (SSSR count). The second kappa shape index (κ2) is 8.51. The maximum absolute atomic E-state index is 6.07. The molecule has 27 heavy (non-hydrogen) atoms. The Bertz CT molecular complexity index is 846. The van der Waals surface area contributed by atoms with Crippen molar-refractivity contribution in [1.82, 2.24) is 5.32 Å². The van der Waals surface area contributed by atoms with Crippen molar-refractivity contribution in [3.8, 4) is 0 Å². The second-order valence-corrected chi connectivity index (χ2v) is 7.36. The molecule has 1 aliphatic rings. The van der Waals surface area contributed by atoms with Gasteiger partial charge in [0.25, 0.3) is 0 Å². The van der Waals surface area contributed by atoms with Crippen molar-refractivity contribution >= 4 is 0 Å². The molecule has 2 heteroatoms. The molecule has 0 fully saturated rings. The molecule has 0 spiro atoms. The molecule has 0 radical (unpaired) electrons. The van der Waals surface area contributed by atoms with Crippen LogP contribution in [-0.4, -0.2) is 13.2 Å². The smallest absolute Gasteiger partial charge is 0.0720 e. The Balaban J connectivity index is 1.49. The minimum absolute atomic E-state index is 0.0511. The molecular weight excluding hydrogens is 330 g/mol. The van der Waals surface area contributed by atoms with E-state index in [4.69, 9.17) is 4.74 Å². The van der Waals surface area contributed by atoms with E-state index in [0.29, 0.717) is 0 Å². The van der Waals surface area contributed by atoms with Crippen LogP contribution in [0.3, 0.4) is 0 Å². The summed E-state index contributed by atoms with van der Waals surface area (Å²) in [4.78, 5) is 0. The highest BCUT2D eigenvalue weighted by Crippen LogP contribution is 2.41. The number of ether oxygens (including phenoxy) is 1. The van der Waals surface area contributed by atoms with E-state index in [1.165, 1.54) is 22.3 Å². The van der Waals surface area contributed by atoms with E-state index in [1.807, 2.05) is 0 Å². The lowest BCUT2D eigenvalue weighted by molar-refractivity contribution is 0.0613. The van der Waals surface area contributed by atoms with Crippen molar-refractivity contribution in [2.45, 2.75) is 31.4 Å². The Morgan fingerprint density at radius 1 is 0.815 bits per heavy atom. The van der Waals surface area contributed by atoms with E-state index in [2.05, 4.69) is 90.2 Å². The number of hydrogen-bond donors (Lipinski definition) is 1. The van der Waals surface area contributed by atoms with Crippen LogP contribution >= 0.6 is 0 Å². The highest BCUT2D eigenvalue weighted by atomic mass is 16.5. The molecule has 1 aliphatic heterocycles. The lowest BCUT2D eigenvalue weighted by atomic mass is 9.69. The van der Waals surface area contributed by atoms with Gasteiger partial charge in [0.1, 0.15) is 0 Å². The van der Waals surface area contributed by atoms with Crippen molar-refractivity contribution in [3.63, 3.8) is 0 Å². The maximum atomic E-state index is 6.07. The fourth-order valence-corrected chi connectivity index (χ4v) is 4.22. The Morgan fingerprint density at radius 3 is 2.33 bits per heavy atom. The predicted octanol–water partition coefficient (Wildman–Crippen LogP) is 5.07. The summed E-state index contributed by atoms with van der Waals surface area (Å²) in [6.45, 7) is 3.40. The number of rotatable bonds is 7. The summed E-state index contributed by atoms with van der Waals surface area (Å²) in [6.07, 6.45) is 2.19. The van der Waals surface area contributed by atoms with Crippen LogP contribution in [0.25, 0.3) is 0 Å². The zero-order chi connectivity index (χ0) is 18.4. The van der Waals surface area contributed by atoms with Gasteiger partial charge in [0.05, 0.1) is 13.2 Å². The molecule has 1 unspecified atom stereocenters. The molecule has 138 valence electrons. The van der Waals surface area contributed by atoms with Gasteiger partial charge in [-0.3, -0.25) is 0 Å². The molecule has 0 aliphatic carbocycles. The zero-order valence-corrected chi connectivity index (χ0v) is 15.7. The van der Waals surface area contributed by atoms with Gasteiger partial charge in [-0.15, -0.1) is 0 Å². The Hall–Kier alpha value is -2.42. The SMILES string of the molecule is c1ccc(CNCCCC2(c3ccccc3)COCc3ccccc32)cc1. The standard InChI is InChI=1S/C25H27NO/c1-3-10-21(11-4-1)18-26-17-9-16-25(23-13-5-2-6-14-23)20-27-19-22-12-7-8-15-24(22)25/h1-8,10-15,26H,9,16-20H2. The molecule has 0 saturated carbocycles. The highest BCUT2D eigenvalue weighted by molar-refractivity contribution is 5.45. The summed E-state index contributed by atoms with van der Waals surface area (Å²) in [5, 5.41) is 3.59. The molecule has 0 bridgehead atoms. The summed E-state index contributed by atoms with van der Waals surface area (Å²) < 4.78 is 6.07. The maximum Gasteiger partial charge on any atom is 0.0720 e. The van der Waals surface area contributed by atoms with E-state index in [0.717, 1.165) is 39.1 Å². The van der Waals surface area contributed by atoms with Gasteiger partial charge in [-0.2, -0.15) is 0 Å². The fourth-order valence-electron chi connectivity index (χ4n) is 4.22. The Labute approximate surface area is 162 Å². The van der Waals surface area contributed by atoms with Gasteiger partial charge in [-0.05, 0) is 41.6 Å². The largest absolute Gasteiger partial charge is 0.375 e. The lowest BCUT2D eigenvalue weighted by Crippen LogP contribution is -2.38. The number of fused-ring (bicyclic) bond motifs is 1. The van der Waals surface area contributed by atoms with Crippen molar-refractivity contribution in [3.05, 3.63) is 107 Å². The first-order valence-corrected chi connectivity index (χ1v) is 9.85. The second-order valence-electron chi connectivity index (χ2n) is 7.36. The van der Waals surface area contributed by atoms with E-state index < -0.39 is 0 Å². The minimum Gasteiger partial charge on any atom is -0.375 e. The van der Waals surface area contributed by atoms with Crippen LogP contribution in [-0.2, 0) is 23.3 Å². The third-order valence-corrected chi connectivity index (χ3v) is 5.59. The summed E-state index contributed by atoms with van der Waals surface area (Å²) in [5.74, 6) is 0. The van der Waals surface area contributed by atoms with Crippen LogP contribution in [0.5, 0.6) is 0 Å². The first kappa shape index (κ1) is 18.0. The van der Waals surface area contributed by atoms with Gasteiger partial charge in [-0.1, -0.05) is 84.9 Å². The third kappa shape index (κ3) is 3.97. The lowest BCUT2D eigenvalue weighted by Gasteiger charge is -2.40. The number of nitrogens with one attached hydrogen (secondary N) is 1. The van der Waals surface area contributed by atoms with Crippen LogP contribution < -0.4 is 5.32 Å². The fraction of sp³-hybridized carbons (Fsp3) is 0.280. The van der Waals surface area contributed by atoms with Gasteiger partial charge >= 0.3 is 0 Å². The van der Waals surface area contributed by atoms with Crippen molar-refractivity contribution in [2.24, 2.45) is 0 Å². The van der Waals surface area contributed by atoms with Crippen LogP contribution in [0, 0.1) is 0 Å². The third-order valence-electron chi connectivity index (χ3n) is 5.59. The van der Waals surface area contributed by atoms with Gasteiger partial charge in [0.15, 0.2) is 0 Å². The topological polar surface area (TPSA) is 21.3 Å². The molecule has 0 aromatic heterocycles.